The Morgan fingerprint density at radius 2 is 2.08 bits per heavy atom. The van der Waals surface area contributed by atoms with Crippen LogP contribution in [0.25, 0.3) is 0 Å². The lowest BCUT2D eigenvalue weighted by Gasteiger charge is -2.22. The maximum atomic E-state index is 5.71. The van der Waals surface area contributed by atoms with Gasteiger partial charge >= 0.3 is 0 Å². The van der Waals surface area contributed by atoms with E-state index in [9.17, 15) is 0 Å². The number of allylic oxidation sites excluding steroid dienone is 1. The summed E-state index contributed by atoms with van der Waals surface area (Å²) in [4.78, 5) is 0. The molecule has 0 bridgehead atoms. The van der Waals surface area contributed by atoms with E-state index in [-0.39, 0.29) is 0 Å². The summed E-state index contributed by atoms with van der Waals surface area (Å²) in [5, 5.41) is 3.11. The maximum absolute atomic E-state index is 5.71. The van der Waals surface area contributed by atoms with E-state index in [2.05, 4.69) is 5.32 Å². The van der Waals surface area contributed by atoms with Gasteiger partial charge in [-0.25, -0.2) is 0 Å². The molecule has 0 saturated heterocycles. The van der Waals surface area contributed by atoms with Crippen LogP contribution in [-0.2, 0) is 0 Å². The normalized spacial score (nSPS) is 14.6. The summed E-state index contributed by atoms with van der Waals surface area (Å²) in [5.41, 5.74) is 7.80. The van der Waals surface area contributed by atoms with Crippen molar-refractivity contribution in [3.05, 3.63) is 35.3 Å². The van der Waals surface area contributed by atoms with E-state index in [0.717, 1.165) is 22.8 Å². The minimum absolute atomic E-state index is 0.585. The zero-order chi connectivity index (χ0) is 9.42. The average Bonchev–Trinajstić information content (AvgIpc) is 2.09. The van der Waals surface area contributed by atoms with Gasteiger partial charge in [-0.2, -0.15) is 0 Å². The van der Waals surface area contributed by atoms with Gasteiger partial charge in [-0.3, -0.25) is 0 Å². The summed E-state index contributed by atoms with van der Waals surface area (Å²) >= 11 is 0. The largest absolute Gasteiger partial charge is 0.456 e. The van der Waals surface area contributed by atoms with E-state index in [1.807, 2.05) is 32.0 Å². The van der Waals surface area contributed by atoms with Crippen molar-refractivity contribution in [1.82, 2.24) is 0 Å². The number of nitrogens with two attached hydrogens (primary N) is 1. The van der Waals surface area contributed by atoms with Crippen molar-refractivity contribution >= 4 is 5.69 Å². The Kier molecular flexibility index (Phi) is 1.65. The molecule has 0 aromatic heterocycles. The molecule has 1 aliphatic heterocycles. The molecule has 0 fully saturated rings. The van der Waals surface area contributed by atoms with Gasteiger partial charge < -0.3 is 15.8 Å². The van der Waals surface area contributed by atoms with Crippen LogP contribution in [0, 0.1) is 6.92 Å². The summed E-state index contributed by atoms with van der Waals surface area (Å²) in [6, 6.07) is 5.90. The SMILES string of the molecule is CC1=C(N)Nc2c(C)cccc2O1. The first-order valence-corrected chi connectivity index (χ1v) is 4.19. The maximum Gasteiger partial charge on any atom is 0.150 e. The Morgan fingerprint density at radius 1 is 1.31 bits per heavy atom. The van der Waals surface area contributed by atoms with Gasteiger partial charge in [0.25, 0.3) is 0 Å². The fourth-order valence-electron chi connectivity index (χ4n) is 1.33. The van der Waals surface area contributed by atoms with Crippen molar-refractivity contribution in [1.29, 1.82) is 0 Å². The zero-order valence-corrected chi connectivity index (χ0v) is 7.72. The molecular formula is C10H12N2O. The molecule has 3 N–H and O–H groups in total. The third kappa shape index (κ3) is 1.22. The number of benzene rings is 1. The lowest BCUT2D eigenvalue weighted by Crippen LogP contribution is -2.19. The first-order chi connectivity index (χ1) is 6.18. The van der Waals surface area contributed by atoms with Crippen molar-refractivity contribution < 1.29 is 4.74 Å². The van der Waals surface area contributed by atoms with Gasteiger partial charge in [0.15, 0.2) is 5.75 Å². The van der Waals surface area contributed by atoms with Crippen LogP contribution in [0.5, 0.6) is 5.75 Å². The highest BCUT2D eigenvalue weighted by Crippen LogP contribution is 2.33. The first-order valence-electron chi connectivity index (χ1n) is 4.19. The fraction of sp³-hybridized carbons (Fsp3) is 0.200. The van der Waals surface area contributed by atoms with Gasteiger partial charge in [-0.05, 0) is 25.5 Å². The molecule has 0 spiro atoms. The van der Waals surface area contributed by atoms with Crippen molar-refractivity contribution in [3.63, 3.8) is 0 Å². The second kappa shape index (κ2) is 2.69. The first kappa shape index (κ1) is 7.98. The van der Waals surface area contributed by atoms with Crippen LogP contribution in [0.15, 0.2) is 29.8 Å². The number of ether oxygens (including phenoxy) is 1. The number of para-hydroxylation sites is 1. The summed E-state index contributed by atoms with van der Waals surface area (Å²) < 4.78 is 5.52. The Bertz CT molecular complexity index is 383. The Labute approximate surface area is 77.2 Å². The summed E-state index contributed by atoms with van der Waals surface area (Å²) in [6.07, 6.45) is 0. The van der Waals surface area contributed by atoms with Crippen LogP contribution in [0.3, 0.4) is 0 Å². The number of rotatable bonds is 0. The van der Waals surface area contributed by atoms with Crippen molar-refractivity contribution in [2.24, 2.45) is 5.73 Å². The van der Waals surface area contributed by atoms with Gasteiger partial charge in [0.1, 0.15) is 11.6 Å². The number of hydrogen-bond acceptors (Lipinski definition) is 3. The van der Waals surface area contributed by atoms with Crippen molar-refractivity contribution in [2.75, 3.05) is 5.32 Å². The highest BCUT2D eigenvalue weighted by Gasteiger charge is 2.15. The summed E-state index contributed by atoms with van der Waals surface area (Å²) in [7, 11) is 0. The molecule has 1 aromatic rings. The molecule has 1 aliphatic rings. The minimum Gasteiger partial charge on any atom is -0.456 e. The predicted octanol–water partition coefficient (Wildman–Crippen LogP) is 1.95. The van der Waals surface area contributed by atoms with E-state index < -0.39 is 0 Å². The summed E-state index contributed by atoms with van der Waals surface area (Å²) in [5.74, 6) is 2.15. The second-order valence-corrected chi connectivity index (χ2v) is 3.14. The number of aryl methyl sites for hydroxylation is 1. The van der Waals surface area contributed by atoms with Crippen LogP contribution in [0.2, 0.25) is 0 Å². The van der Waals surface area contributed by atoms with Gasteiger partial charge in [0.05, 0.1) is 5.69 Å². The van der Waals surface area contributed by atoms with Gasteiger partial charge in [-0.1, -0.05) is 12.1 Å². The van der Waals surface area contributed by atoms with E-state index >= 15 is 0 Å². The molecule has 0 atom stereocenters. The zero-order valence-electron chi connectivity index (χ0n) is 7.72. The number of hydrogen-bond donors (Lipinski definition) is 2. The summed E-state index contributed by atoms with van der Waals surface area (Å²) in [6.45, 7) is 3.86. The molecule has 0 aliphatic carbocycles. The van der Waals surface area contributed by atoms with Crippen LogP contribution in [0.4, 0.5) is 5.69 Å². The second-order valence-electron chi connectivity index (χ2n) is 3.14. The fourth-order valence-corrected chi connectivity index (χ4v) is 1.33. The van der Waals surface area contributed by atoms with Crippen LogP contribution >= 0.6 is 0 Å². The monoisotopic (exact) mass is 176 g/mol. The van der Waals surface area contributed by atoms with E-state index in [0.29, 0.717) is 5.82 Å². The molecule has 1 heterocycles. The topological polar surface area (TPSA) is 47.3 Å². The predicted molar refractivity (Wildman–Crippen MR) is 52.3 cm³/mol. The number of anilines is 1. The van der Waals surface area contributed by atoms with Crippen LogP contribution in [-0.4, -0.2) is 0 Å². The van der Waals surface area contributed by atoms with E-state index in [1.165, 1.54) is 0 Å². The Hall–Kier alpha value is -1.64. The average molecular weight is 176 g/mol. The van der Waals surface area contributed by atoms with Gasteiger partial charge in [-0.15, -0.1) is 0 Å². The van der Waals surface area contributed by atoms with Gasteiger partial charge in [0.2, 0.25) is 0 Å². The molecule has 3 heteroatoms. The molecule has 68 valence electrons. The lowest BCUT2D eigenvalue weighted by atomic mass is 10.1. The molecule has 1 aromatic carbocycles. The van der Waals surface area contributed by atoms with Gasteiger partial charge in [0, 0.05) is 0 Å². The Balaban J connectivity index is 2.50. The molecular weight excluding hydrogens is 164 g/mol. The number of nitrogens with one attached hydrogen (secondary N) is 1. The lowest BCUT2D eigenvalue weighted by molar-refractivity contribution is 0.415. The molecule has 0 saturated carbocycles. The standard InChI is InChI=1S/C10H12N2O/c1-6-4-3-5-8-9(6)12-10(11)7(2)13-8/h3-5,12H,11H2,1-2H3. The molecule has 13 heavy (non-hydrogen) atoms. The highest BCUT2D eigenvalue weighted by molar-refractivity contribution is 5.66. The van der Waals surface area contributed by atoms with E-state index in [1.54, 1.807) is 0 Å². The van der Waals surface area contributed by atoms with Crippen molar-refractivity contribution in [2.45, 2.75) is 13.8 Å². The van der Waals surface area contributed by atoms with Crippen LogP contribution in [0.1, 0.15) is 12.5 Å². The Morgan fingerprint density at radius 3 is 2.85 bits per heavy atom. The van der Waals surface area contributed by atoms with Crippen LogP contribution < -0.4 is 15.8 Å². The molecule has 2 rings (SSSR count). The molecule has 0 radical (unpaired) electrons. The quantitative estimate of drug-likeness (QED) is 0.635. The third-order valence-electron chi connectivity index (χ3n) is 2.14. The highest BCUT2D eigenvalue weighted by atomic mass is 16.5. The molecule has 0 amide bonds. The van der Waals surface area contributed by atoms with Crippen molar-refractivity contribution in [3.8, 4) is 5.75 Å². The van der Waals surface area contributed by atoms with E-state index in [4.69, 9.17) is 10.5 Å². The smallest absolute Gasteiger partial charge is 0.150 e. The third-order valence-corrected chi connectivity index (χ3v) is 2.14. The molecule has 0 unspecified atom stereocenters. The molecule has 3 nitrogen and oxygen atoms in total. The minimum atomic E-state index is 0.585. The number of fused-ring (bicyclic) bond motifs is 1.